The maximum Gasteiger partial charge on any atom is 0.261 e. The van der Waals surface area contributed by atoms with Crippen LogP contribution < -0.4 is 5.73 Å². The molecule has 4 nitrogen and oxygen atoms in total. The fraction of sp³-hybridized carbons (Fsp3) is 0.429. The van der Waals surface area contributed by atoms with Crippen molar-refractivity contribution in [3.8, 4) is 0 Å². The molecule has 18 heavy (non-hydrogen) atoms. The number of benzene rings is 1. The summed E-state index contributed by atoms with van der Waals surface area (Å²) >= 11 is 0. The summed E-state index contributed by atoms with van der Waals surface area (Å²) in [6, 6.07) is 4.88. The molecule has 96 valence electrons. The molecular weight excluding hydrogens is 228 g/mol. The predicted molar refractivity (Wildman–Crippen MR) is 70.3 cm³/mol. The van der Waals surface area contributed by atoms with Crippen molar-refractivity contribution >= 4 is 17.5 Å². The Hall–Kier alpha value is -1.84. The molecule has 1 unspecified atom stereocenters. The van der Waals surface area contributed by atoms with Crippen molar-refractivity contribution in [2.75, 3.05) is 5.73 Å². The average Bonchev–Trinajstić information content (AvgIpc) is 2.59. The molecule has 1 aromatic carbocycles. The molecule has 0 saturated carbocycles. The van der Waals surface area contributed by atoms with Crippen LogP contribution in [0.1, 0.15) is 53.8 Å². The van der Waals surface area contributed by atoms with Gasteiger partial charge in [0.15, 0.2) is 0 Å². The molecule has 0 aromatic heterocycles. The highest BCUT2D eigenvalue weighted by Gasteiger charge is 2.38. The third-order valence-corrected chi connectivity index (χ3v) is 3.40. The summed E-state index contributed by atoms with van der Waals surface area (Å²) in [4.78, 5) is 25.9. The SMILES string of the molecule is CCCC(CC)N1C(=O)c2ccc(N)cc2C1=O. The van der Waals surface area contributed by atoms with Gasteiger partial charge in [0, 0.05) is 11.7 Å². The zero-order chi connectivity index (χ0) is 13.3. The third-order valence-electron chi connectivity index (χ3n) is 3.40. The minimum absolute atomic E-state index is 0.0105. The van der Waals surface area contributed by atoms with E-state index in [4.69, 9.17) is 5.73 Å². The Morgan fingerprint density at radius 1 is 1.17 bits per heavy atom. The summed E-state index contributed by atoms with van der Waals surface area (Å²) in [7, 11) is 0. The van der Waals surface area contributed by atoms with Gasteiger partial charge in [0.1, 0.15) is 0 Å². The molecule has 1 aliphatic rings. The normalized spacial score (nSPS) is 16.0. The molecular formula is C14H18N2O2. The molecule has 2 N–H and O–H groups in total. The molecule has 1 atom stereocenters. The van der Waals surface area contributed by atoms with Crippen molar-refractivity contribution < 1.29 is 9.59 Å². The van der Waals surface area contributed by atoms with Gasteiger partial charge in [-0.1, -0.05) is 20.3 Å². The van der Waals surface area contributed by atoms with Crippen LogP contribution in [0.2, 0.25) is 0 Å². The highest BCUT2D eigenvalue weighted by atomic mass is 16.2. The second-order valence-corrected chi connectivity index (χ2v) is 4.64. The number of nitrogens with two attached hydrogens (primary N) is 1. The summed E-state index contributed by atoms with van der Waals surface area (Å²) in [5, 5.41) is 0. The topological polar surface area (TPSA) is 63.4 Å². The van der Waals surface area contributed by atoms with Gasteiger partial charge in [0.25, 0.3) is 11.8 Å². The van der Waals surface area contributed by atoms with E-state index in [1.165, 1.54) is 4.90 Å². The molecule has 1 aromatic rings. The minimum Gasteiger partial charge on any atom is -0.399 e. The summed E-state index contributed by atoms with van der Waals surface area (Å²) in [5.74, 6) is -0.391. The van der Waals surface area contributed by atoms with Crippen molar-refractivity contribution in [3.05, 3.63) is 29.3 Å². The molecule has 1 aliphatic heterocycles. The van der Waals surface area contributed by atoms with E-state index in [0.29, 0.717) is 16.8 Å². The Kier molecular flexibility index (Phi) is 3.36. The molecule has 0 radical (unpaired) electrons. The quantitative estimate of drug-likeness (QED) is 0.655. The highest BCUT2D eigenvalue weighted by molar-refractivity contribution is 6.21. The monoisotopic (exact) mass is 246 g/mol. The first-order valence-electron chi connectivity index (χ1n) is 6.37. The summed E-state index contributed by atoms with van der Waals surface area (Å²) < 4.78 is 0. The number of fused-ring (bicyclic) bond motifs is 1. The van der Waals surface area contributed by atoms with Crippen LogP contribution in [0.4, 0.5) is 5.69 Å². The summed E-state index contributed by atoms with van der Waals surface area (Å²) in [6.07, 6.45) is 2.58. The number of hydrogen-bond donors (Lipinski definition) is 1. The zero-order valence-corrected chi connectivity index (χ0v) is 10.8. The van der Waals surface area contributed by atoms with Crippen molar-refractivity contribution in [2.24, 2.45) is 0 Å². The molecule has 0 bridgehead atoms. The second-order valence-electron chi connectivity index (χ2n) is 4.64. The van der Waals surface area contributed by atoms with Crippen LogP contribution in [-0.4, -0.2) is 22.8 Å². The molecule has 2 rings (SSSR count). The van der Waals surface area contributed by atoms with E-state index < -0.39 is 0 Å². The maximum absolute atomic E-state index is 12.3. The first-order chi connectivity index (χ1) is 8.60. The Morgan fingerprint density at radius 2 is 1.83 bits per heavy atom. The lowest BCUT2D eigenvalue weighted by atomic mass is 10.1. The van der Waals surface area contributed by atoms with E-state index >= 15 is 0 Å². The lowest BCUT2D eigenvalue weighted by Crippen LogP contribution is -2.39. The molecule has 0 saturated heterocycles. The van der Waals surface area contributed by atoms with Gasteiger partial charge < -0.3 is 5.73 Å². The number of nitrogens with zero attached hydrogens (tertiary/aromatic N) is 1. The molecule has 0 fully saturated rings. The molecule has 1 heterocycles. The second kappa shape index (κ2) is 4.80. The first-order valence-corrected chi connectivity index (χ1v) is 6.37. The Morgan fingerprint density at radius 3 is 2.44 bits per heavy atom. The van der Waals surface area contributed by atoms with Gasteiger partial charge in [-0.3, -0.25) is 14.5 Å². The number of rotatable bonds is 4. The van der Waals surface area contributed by atoms with Gasteiger partial charge in [-0.25, -0.2) is 0 Å². The number of nitrogen functional groups attached to an aromatic ring is 1. The highest BCUT2D eigenvalue weighted by Crippen LogP contribution is 2.28. The minimum atomic E-state index is -0.206. The summed E-state index contributed by atoms with van der Waals surface area (Å²) in [5.41, 5.74) is 7.10. The Labute approximate surface area is 107 Å². The zero-order valence-electron chi connectivity index (χ0n) is 10.8. The third kappa shape index (κ3) is 1.88. The van der Waals surface area contributed by atoms with Gasteiger partial charge in [-0.05, 0) is 31.0 Å². The number of carbonyl (C=O) groups excluding carboxylic acids is 2. The van der Waals surface area contributed by atoms with Gasteiger partial charge in [-0.2, -0.15) is 0 Å². The van der Waals surface area contributed by atoms with Crippen molar-refractivity contribution in [2.45, 2.75) is 39.2 Å². The number of imide groups is 1. The van der Waals surface area contributed by atoms with Gasteiger partial charge >= 0.3 is 0 Å². The van der Waals surface area contributed by atoms with Crippen LogP contribution in [0.5, 0.6) is 0 Å². The van der Waals surface area contributed by atoms with E-state index in [2.05, 4.69) is 6.92 Å². The lowest BCUT2D eigenvalue weighted by molar-refractivity contribution is 0.0571. The largest absolute Gasteiger partial charge is 0.399 e. The van der Waals surface area contributed by atoms with Crippen molar-refractivity contribution in [3.63, 3.8) is 0 Å². The summed E-state index contributed by atoms with van der Waals surface area (Å²) in [6.45, 7) is 4.05. The average molecular weight is 246 g/mol. The predicted octanol–water partition coefficient (Wildman–Crippen LogP) is 2.44. The van der Waals surface area contributed by atoms with Crippen molar-refractivity contribution in [1.82, 2.24) is 4.90 Å². The van der Waals surface area contributed by atoms with E-state index in [0.717, 1.165) is 19.3 Å². The van der Waals surface area contributed by atoms with Crippen LogP contribution in [0.15, 0.2) is 18.2 Å². The van der Waals surface area contributed by atoms with E-state index in [-0.39, 0.29) is 17.9 Å². The van der Waals surface area contributed by atoms with Crippen molar-refractivity contribution in [1.29, 1.82) is 0 Å². The van der Waals surface area contributed by atoms with Crippen LogP contribution in [0.3, 0.4) is 0 Å². The fourth-order valence-corrected chi connectivity index (χ4v) is 2.46. The number of amides is 2. The first kappa shape index (κ1) is 12.6. The Bertz CT molecular complexity index is 497. The van der Waals surface area contributed by atoms with Crippen LogP contribution in [-0.2, 0) is 0 Å². The van der Waals surface area contributed by atoms with Crippen LogP contribution in [0.25, 0.3) is 0 Å². The van der Waals surface area contributed by atoms with E-state index in [9.17, 15) is 9.59 Å². The van der Waals surface area contributed by atoms with Gasteiger partial charge in [-0.15, -0.1) is 0 Å². The molecule has 0 aliphatic carbocycles. The molecule has 2 amide bonds. The lowest BCUT2D eigenvalue weighted by Gasteiger charge is -2.24. The van der Waals surface area contributed by atoms with Gasteiger partial charge in [0.05, 0.1) is 11.1 Å². The molecule has 0 spiro atoms. The Balaban J connectivity index is 2.38. The number of carbonyl (C=O) groups is 2. The van der Waals surface area contributed by atoms with Crippen LogP contribution >= 0.6 is 0 Å². The number of hydrogen-bond acceptors (Lipinski definition) is 3. The van der Waals surface area contributed by atoms with E-state index in [1.54, 1.807) is 18.2 Å². The smallest absolute Gasteiger partial charge is 0.261 e. The van der Waals surface area contributed by atoms with E-state index in [1.807, 2.05) is 6.92 Å². The standard InChI is InChI=1S/C14H18N2O2/c1-3-5-10(4-2)16-13(17)11-7-6-9(15)8-12(11)14(16)18/h6-8,10H,3-5,15H2,1-2H3. The fourth-order valence-electron chi connectivity index (χ4n) is 2.46. The number of anilines is 1. The van der Waals surface area contributed by atoms with Crippen LogP contribution in [0, 0.1) is 0 Å². The molecule has 4 heteroatoms. The maximum atomic E-state index is 12.3. The van der Waals surface area contributed by atoms with Gasteiger partial charge in [0.2, 0.25) is 0 Å².